The van der Waals surface area contributed by atoms with Crippen molar-refractivity contribution in [3.8, 4) is 11.1 Å². The second-order valence-electron chi connectivity index (χ2n) is 6.07. The number of benzene rings is 3. The lowest BCUT2D eigenvalue weighted by Crippen LogP contribution is -2.31. The molecular formula is C20H14ClFN4O2. The first kappa shape index (κ1) is 17.8. The van der Waals surface area contributed by atoms with Gasteiger partial charge in [0.05, 0.1) is 16.8 Å². The predicted octanol–water partition coefficient (Wildman–Crippen LogP) is 5.09. The van der Waals surface area contributed by atoms with Crippen LogP contribution in [0.3, 0.4) is 0 Å². The van der Waals surface area contributed by atoms with Crippen LogP contribution in [0.2, 0.25) is 5.02 Å². The molecule has 0 atom stereocenters. The fraction of sp³-hybridized carbons (Fsp3) is 0. The standard InChI is InChI=1S/C20H14ClFN4O2/c21-12-2-1-3-14(10-12)26(20(24)27)13-6-4-11(5-7-13)15-8-9-16(22)18-17(15)19(23)25-28-18/h1-10H,(H2,23,25)(H2,24,27). The average molecular weight is 397 g/mol. The van der Waals surface area contributed by atoms with Gasteiger partial charge in [-0.25, -0.2) is 9.18 Å². The van der Waals surface area contributed by atoms with Gasteiger partial charge in [0.1, 0.15) is 0 Å². The number of anilines is 3. The highest BCUT2D eigenvalue weighted by atomic mass is 35.5. The SMILES string of the molecule is NC(=O)N(c1ccc(-c2ccc(F)c3onc(N)c23)cc1)c1cccc(Cl)c1. The molecule has 6 nitrogen and oxygen atoms in total. The van der Waals surface area contributed by atoms with E-state index in [0.29, 0.717) is 27.3 Å². The van der Waals surface area contributed by atoms with Gasteiger partial charge in [0.25, 0.3) is 0 Å². The molecule has 0 spiro atoms. The Kier molecular flexibility index (Phi) is 4.37. The summed E-state index contributed by atoms with van der Waals surface area (Å²) in [5.74, 6) is -0.438. The van der Waals surface area contributed by atoms with E-state index in [1.165, 1.54) is 11.0 Å². The van der Waals surface area contributed by atoms with Gasteiger partial charge in [-0.15, -0.1) is 0 Å². The summed E-state index contributed by atoms with van der Waals surface area (Å²) in [6.45, 7) is 0. The number of aromatic nitrogens is 1. The Morgan fingerprint density at radius 1 is 1.07 bits per heavy atom. The minimum absolute atomic E-state index is 0.00299. The van der Waals surface area contributed by atoms with E-state index in [4.69, 9.17) is 27.6 Å². The number of carbonyl (C=O) groups excluding carboxylic acids is 1. The number of halogens is 2. The minimum Gasteiger partial charge on any atom is -0.380 e. The Bertz CT molecular complexity index is 1190. The molecule has 1 aromatic heterocycles. The van der Waals surface area contributed by atoms with E-state index in [1.807, 2.05) is 0 Å². The van der Waals surface area contributed by atoms with Crippen LogP contribution in [-0.2, 0) is 0 Å². The third kappa shape index (κ3) is 3.01. The Hall–Kier alpha value is -3.58. The Morgan fingerprint density at radius 2 is 1.82 bits per heavy atom. The van der Waals surface area contributed by atoms with Gasteiger partial charge in [0.15, 0.2) is 11.6 Å². The molecule has 0 aliphatic rings. The molecule has 0 saturated heterocycles. The maximum Gasteiger partial charge on any atom is 0.323 e. The lowest BCUT2D eigenvalue weighted by molar-refractivity contribution is 0.256. The van der Waals surface area contributed by atoms with Gasteiger partial charge in [-0.05, 0) is 47.5 Å². The molecule has 0 bridgehead atoms. The molecule has 0 radical (unpaired) electrons. The van der Waals surface area contributed by atoms with Crippen LogP contribution < -0.4 is 16.4 Å². The molecule has 4 rings (SSSR count). The number of carbonyl (C=O) groups is 1. The predicted molar refractivity (Wildman–Crippen MR) is 107 cm³/mol. The smallest absolute Gasteiger partial charge is 0.323 e. The quantitative estimate of drug-likeness (QED) is 0.504. The second-order valence-corrected chi connectivity index (χ2v) is 6.50. The fourth-order valence-electron chi connectivity index (χ4n) is 3.09. The first-order valence-corrected chi connectivity index (χ1v) is 8.62. The van der Waals surface area contributed by atoms with Crippen LogP contribution in [0.4, 0.5) is 26.4 Å². The van der Waals surface area contributed by atoms with Crippen molar-refractivity contribution >= 4 is 45.8 Å². The van der Waals surface area contributed by atoms with Crippen LogP contribution in [0.1, 0.15) is 0 Å². The van der Waals surface area contributed by atoms with Crippen molar-refractivity contribution < 1.29 is 13.7 Å². The van der Waals surface area contributed by atoms with Gasteiger partial charge in [-0.2, -0.15) is 0 Å². The van der Waals surface area contributed by atoms with Crippen molar-refractivity contribution in [2.75, 3.05) is 10.6 Å². The molecule has 0 aliphatic heterocycles. The number of rotatable bonds is 3. The summed E-state index contributed by atoms with van der Waals surface area (Å²) < 4.78 is 18.9. The van der Waals surface area contributed by atoms with Crippen molar-refractivity contribution in [3.63, 3.8) is 0 Å². The monoisotopic (exact) mass is 396 g/mol. The molecule has 140 valence electrons. The molecule has 8 heteroatoms. The zero-order valence-electron chi connectivity index (χ0n) is 14.4. The number of nitrogens with two attached hydrogens (primary N) is 2. The lowest BCUT2D eigenvalue weighted by atomic mass is 10.0. The van der Waals surface area contributed by atoms with Crippen LogP contribution in [0.5, 0.6) is 0 Å². The Morgan fingerprint density at radius 3 is 2.50 bits per heavy atom. The summed E-state index contributed by atoms with van der Waals surface area (Å²) in [6.07, 6.45) is 0. The molecular weight excluding hydrogens is 383 g/mol. The summed E-state index contributed by atoms with van der Waals surface area (Å²) in [5, 5.41) is 4.52. The van der Waals surface area contributed by atoms with Crippen molar-refractivity contribution in [2.24, 2.45) is 5.73 Å². The third-order valence-electron chi connectivity index (χ3n) is 4.32. The van der Waals surface area contributed by atoms with Gasteiger partial charge < -0.3 is 16.0 Å². The van der Waals surface area contributed by atoms with E-state index in [2.05, 4.69) is 5.16 Å². The summed E-state index contributed by atoms with van der Waals surface area (Å²) >= 11 is 6.02. The van der Waals surface area contributed by atoms with Gasteiger partial charge >= 0.3 is 6.03 Å². The van der Waals surface area contributed by atoms with Gasteiger partial charge in [-0.1, -0.05) is 41.0 Å². The fourth-order valence-corrected chi connectivity index (χ4v) is 3.28. The van der Waals surface area contributed by atoms with Gasteiger partial charge in [0, 0.05) is 5.02 Å². The Balaban J connectivity index is 1.78. The first-order valence-electron chi connectivity index (χ1n) is 8.24. The highest BCUT2D eigenvalue weighted by Gasteiger charge is 2.18. The number of amides is 2. The van der Waals surface area contributed by atoms with Gasteiger partial charge in [-0.3, -0.25) is 4.90 Å². The van der Waals surface area contributed by atoms with Crippen molar-refractivity contribution in [2.45, 2.75) is 0 Å². The van der Waals surface area contributed by atoms with Crippen LogP contribution in [0.25, 0.3) is 22.1 Å². The van der Waals surface area contributed by atoms with Crippen LogP contribution >= 0.6 is 11.6 Å². The molecule has 3 aromatic carbocycles. The number of hydrogen-bond acceptors (Lipinski definition) is 4. The van der Waals surface area contributed by atoms with Crippen LogP contribution in [0.15, 0.2) is 65.2 Å². The molecule has 0 aliphatic carbocycles. The zero-order chi connectivity index (χ0) is 19.8. The molecule has 0 fully saturated rings. The number of urea groups is 1. The lowest BCUT2D eigenvalue weighted by Gasteiger charge is -2.21. The molecule has 0 saturated carbocycles. The summed E-state index contributed by atoms with van der Waals surface area (Å²) in [7, 11) is 0. The number of fused-ring (bicyclic) bond motifs is 1. The zero-order valence-corrected chi connectivity index (χ0v) is 15.2. The summed E-state index contributed by atoms with van der Waals surface area (Å²) in [6, 6.07) is 16.0. The van der Waals surface area contributed by atoms with Crippen molar-refractivity contribution in [3.05, 3.63) is 71.5 Å². The van der Waals surface area contributed by atoms with E-state index in [0.717, 1.165) is 5.56 Å². The molecule has 0 unspecified atom stereocenters. The first-order chi connectivity index (χ1) is 13.5. The highest BCUT2D eigenvalue weighted by Crippen LogP contribution is 2.35. The molecule has 4 aromatic rings. The normalized spacial score (nSPS) is 10.9. The highest BCUT2D eigenvalue weighted by molar-refractivity contribution is 6.31. The van der Waals surface area contributed by atoms with E-state index in [9.17, 15) is 9.18 Å². The molecule has 1 heterocycles. The molecule has 2 amide bonds. The Labute approximate surface area is 164 Å². The number of nitrogen functional groups attached to an aromatic ring is 1. The van der Waals surface area contributed by atoms with E-state index < -0.39 is 11.8 Å². The number of hydrogen-bond donors (Lipinski definition) is 2. The molecule has 28 heavy (non-hydrogen) atoms. The van der Waals surface area contributed by atoms with Crippen molar-refractivity contribution in [1.82, 2.24) is 5.16 Å². The minimum atomic E-state index is -0.650. The molecule has 4 N–H and O–H groups in total. The summed E-state index contributed by atoms with van der Waals surface area (Å²) in [5.41, 5.74) is 13.9. The topological polar surface area (TPSA) is 98.4 Å². The maximum atomic E-state index is 13.9. The van der Waals surface area contributed by atoms with E-state index in [-0.39, 0.29) is 11.4 Å². The number of primary amides is 1. The second kappa shape index (κ2) is 6.86. The summed E-state index contributed by atoms with van der Waals surface area (Å²) in [4.78, 5) is 13.4. The van der Waals surface area contributed by atoms with Crippen LogP contribution in [-0.4, -0.2) is 11.2 Å². The van der Waals surface area contributed by atoms with E-state index >= 15 is 0 Å². The van der Waals surface area contributed by atoms with Crippen molar-refractivity contribution in [1.29, 1.82) is 0 Å². The number of nitrogens with zero attached hydrogens (tertiary/aromatic N) is 2. The largest absolute Gasteiger partial charge is 0.380 e. The van der Waals surface area contributed by atoms with Gasteiger partial charge in [0.2, 0.25) is 5.58 Å². The van der Waals surface area contributed by atoms with Crippen LogP contribution in [0, 0.1) is 5.82 Å². The average Bonchev–Trinajstić information content (AvgIpc) is 3.06. The van der Waals surface area contributed by atoms with E-state index in [1.54, 1.807) is 54.6 Å². The maximum absolute atomic E-state index is 13.9. The third-order valence-corrected chi connectivity index (χ3v) is 4.56.